The van der Waals surface area contributed by atoms with Gasteiger partial charge in [0.2, 0.25) is 0 Å². The fourth-order valence-electron chi connectivity index (χ4n) is 1.05. The van der Waals surface area contributed by atoms with Gasteiger partial charge in [-0.2, -0.15) is 0 Å². The van der Waals surface area contributed by atoms with Gasteiger partial charge in [-0.05, 0) is 11.0 Å². The summed E-state index contributed by atoms with van der Waals surface area (Å²) >= 11 is 0. The summed E-state index contributed by atoms with van der Waals surface area (Å²) in [5, 5.41) is 0. The first kappa shape index (κ1) is 16.5. The molecule has 0 radical (unpaired) electrons. The van der Waals surface area contributed by atoms with E-state index < -0.39 is 0 Å². The summed E-state index contributed by atoms with van der Waals surface area (Å²) in [5.74, 6) is 2.36. The van der Waals surface area contributed by atoms with Crippen LogP contribution in [0.5, 0.6) is 0 Å². The Labute approximate surface area is 113 Å². The van der Waals surface area contributed by atoms with E-state index in [1.807, 2.05) is 12.1 Å². The molecule has 0 bridgehead atoms. The van der Waals surface area contributed by atoms with E-state index >= 15 is 0 Å². The SMILES string of the molecule is [Br-].[C-]#Cc1ccc(C(C)(C)C)cc1.[Mg+2]. The average molecular weight is 261 g/mol. The van der Waals surface area contributed by atoms with E-state index in [9.17, 15) is 0 Å². The molecule has 1 aromatic carbocycles. The van der Waals surface area contributed by atoms with Crippen LogP contribution in [-0.4, -0.2) is 23.1 Å². The molecule has 0 heterocycles. The minimum atomic E-state index is 0. The van der Waals surface area contributed by atoms with Crippen molar-refractivity contribution in [3.63, 3.8) is 0 Å². The van der Waals surface area contributed by atoms with Crippen LogP contribution in [0.3, 0.4) is 0 Å². The van der Waals surface area contributed by atoms with Crippen LogP contribution in [0.4, 0.5) is 0 Å². The molecule has 0 unspecified atom stereocenters. The molecule has 1 aromatic rings. The number of halogens is 1. The number of rotatable bonds is 0. The standard InChI is InChI=1S/C12H13.BrH.Mg/c1-5-10-6-8-11(9-7-10)12(2,3)4;;/h6-9H,2-4H3;1H;/q-1;;+2/p-1. The van der Waals surface area contributed by atoms with Crippen LogP contribution in [0.25, 0.3) is 0 Å². The molecule has 0 spiro atoms. The van der Waals surface area contributed by atoms with Crippen molar-refractivity contribution in [3.05, 3.63) is 41.8 Å². The van der Waals surface area contributed by atoms with Gasteiger partial charge in [0.15, 0.2) is 0 Å². The van der Waals surface area contributed by atoms with E-state index in [4.69, 9.17) is 6.42 Å². The summed E-state index contributed by atoms with van der Waals surface area (Å²) in [6, 6.07) is 7.95. The summed E-state index contributed by atoms with van der Waals surface area (Å²) in [6.45, 7) is 6.53. The van der Waals surface area contributed by atoms with Crippen molar-refractivity contribution in [1.29, 1.82) is 0 Å². The van der Waals surface area contributed by atoms with E-state index in [-0.39, 0.29) is 45.4 Å². The first-order valence-corrected chi connectivity index (χ1v) is 4.07. The largest absolute Gasteiger partial charge is 2.00 e. The summed E-state index contributed by atoms with van der Waals surface area (Å²) in [5.41, 5.74) is 2.32. The van der Waals surface area contributed by atoms with Crippen LogP contribution in [0.1, 0.15) is 31.9 Å². The molecule has 0 atom stereocenters. The van der Waals surface area contributed by atoms with Crippen LogP contribution in [0.15, 0.2) is 24.3 Å². The van der Waals surface area contributed by atoms with Gasteiger partial charge in [0.05, 0.1) is 0 Å². The van der Waals surface area contributed by atoms with Crippen molar-refractivity contribution >= 4 is 23.1 Å². The van der Waals surface area contributed by atoms with Crippen LogP contribution >= 0.6 is 0 Å². The summed E-state index contributed by atoms with van der Waals surface area (Å²) < 4.78 is 0. The van der Waals surface area contributed by atoms with Gasteiger partial charge >= 0.3 is 23.1 Å². The van der Waals surface area contributed by atoms with Gasteiger partial charge in [0.25, 0.3) is 0 Å². The fraction of sp³-hybridized carbons (Fsp3) is 0.333. The first-order valence-electron chi connectivity index (χ1n) is 4.07. The molecule has 1 rings (SSSR count). The van der Waals surface area contributed by atoms with Crippen LogP contribution in [0, 0.1) is 12.3 Å². The van der Waals surface area contributed by atoms with E-state index in [1.54, 1.807) is 0 Å². The zero-order valence-corrected chi connectivity index (χ0v) is 11.9. The molecule has 14 heavy (non-hydrogen) atoms. The Balaban J connectivity index is 0. The second-order valence-corrected chi connectivity index (χ2v) is 3.95. The third kappa shape index (κ3) is 4.50. The fourth-order valence-corrected chi connectivity index (χ4v) is 1.05. The zero-order valence-electron chi connectivity index (χ0n) is 8.89. The van der Waals surface area contributed by atoms with Crippen molar-refractivity contribution < 1.29 is 17.0 Å². The van der Waals surface area contributed by atoms with E-state index in [2.05, 4.69) is 38.8 Å². The molecule has 0 aromatic heterocycles. The monoisotopic (exact) mass is 260 g/mol. The van der Waals surface area contributed by atoms with Crippen molar-refractivity contribution in [2.75, 3.05) is 0 Å². The second kappa shape index (κ2) is 6.50. The number of hydrogen-bond acceptors (Lipinski definition) is 0. The molecule has 70 valence electrons. The minimum Gasteiger partial charge on any atom is -1.00 e. The molecule has 0 saturated carbocycles. The van der Waals surface area contributed by atoms with Gasteiger partial charge in [-0.15, -0.1) is 17.7 Å². The van der Waals surface area contributed by atoms with E-state index in [0.717, 1.165) is 5.56 Å². The first-order chi connectivity index (χ1) is 5.54. The molecule has 0 fully saturated rings. The quantitative estimate of drug-likeness (QED) is 0.337. The Morgan fingerprint density at radius 2 is 1.50 bits per heavy atom. The smallest absolute Gasteiger partial charge is 1.00 e. The molecular formula is C12H13BrMg. The van der Waals surface area contributed by atoms with Crippen molar-refractivity contribution in [1.82, 2.24) is 0 Å². The Morgan fingerprint density at radius 1 is 1.07 bits per heavy atom. The minimum absolute atomic E-state index is 0. The zero-order chi connectivity index (χ0) is 9.19. The second-order valence-electron chi connectivity index (χ2n) is 3.95. The van der Waals surface area contributed by atoms with Crippen LogP contribution in [0.2, 0.25) is 0 Å². The molecule has 0 saturated heterocycles. The average Bonchev–Trinajstić information content (AvgIpc) is 2.03. The molecule has 0 aliphatic carbocycles. The number of hydrogen-bond donors (Lipinski definition) is 0. The maximum absolute atomic E-state index is 6.92. The molecule has 2 heteroatoms. The molecule has 0 aliphatic rings. The molecule has 0 N–H and O–H groups in total. The Morgan fingerprint density at radius 3 is 1.79 bits per heavy atom. The summed E-state index contributed by atoms with van der Waals surface area (Å²) in [4.78, 5) is 0. The van der Waals surface area contributed by atoms with Crippen molar-refractivity contribution in [3.8, 4) is 5.92 Å². The molecular weight excluding hydrogens is 248 g/mol. The molecule has 0 nitrogen and oxygen atoms in total. The normalized spacial score (nSPS) is 9.29. The van der Waals surface area contributed by atoms with Gasteiger partial charge in [-0.1, -0.05) is 32.9 Å². The third-order valence-electron chi connectivity index (χ3n) is 1.90. The molecule has 0 aliphatic heterocycles. The van der Waals surface area contributed by atoms with Crippen LogP contribution in [-0.2, 0) is 5.41 Å². The topological polar surface area (TPSA) is 0 Å². The Kier molecular flexibility index (Phi) is 7.64. The maximum Gasteiger partial charge on any atom is 2.00 e. The van der Waals surface area contributed by atoms with Crippen LogP contribution < -0.4 is 17.0 Å². The van der Waals surface area contributed by atoms with Gasteiger partial charge in [0, 0.05) is 0 Å². The van der Waals surface area contributed by atoms with E-state index in [1.165, 1.54) is 5.56 Å². The van der Waals surface area contributed by atoms with Gasteiger partial charge in [-0.25, -0.2) is 0 Å². The van der Waals surface area contributed by atoms with Gasteiger partial charge in [-0.3, -0.25) is 5.92 Å². The van der Waals surface area contributed by atoms with Crippen molar-refractivity contribution in [2.24, 2.45) is 0 Å². The van der Waals surface area contributed by atoms with Gasteiger partial charge in [0.1, 0.15) is 0 Å². The van der Waals surface area contributed by atoms with Gasteiger partial charge < -0.3 is 23.4 Å². The Hall–Kier alpha value is 0.0262. The van der Waals surface area contributed by atoms with Crippen molar-refractivity contribution in [2.45, 2.75) is 26.2 Å². The maximum atomic E-state index is 6.92. The number of benzene rings is 1. The molecule has 0 amide bonds. The predicted molar refractivity (Wildman–Crippen MR) is 57.1 cm³/mol. The van der Waals surface area contributed by atoms with E-state index in [0.29, 0.717) is 0 Å². The summed E-state index contributed by atoms with van der Waals surface area (Å²) in [7, 11) is 0. The summed E-state index contributed by atoms with van der Waals surface area (Å²) in [6.07, 6.45) is 6.92. The predicted octanol–water partition coefficient (Wildman–Crippen LogP) is -0.455. The third-order valence-corrected chi connectivity index (χ3v) is 1.90. The Bertz CT molecular complexity index is 301.